The Labute approximate surface area is 176 Å². The third kappa shape index (κ3) is 5.36. The van der Waals surface area contributed by atoms with Gasteiger partial charge in [-0.15, -0.1) is 0 Å². The van der Waals surface area contributed by atoms with Gasteiger partial charge in [-0.1, -0.05) is 23.2 Å². The average Bonchev–Trinajstić information content (AvgIpc) is 2.61. The lowest BCUT2D eigenvalue weighted by Gasteiger charge is -2.26. The Kier molecular flexibility index (Phi) is 6.74. The van der Waals surface area contributed by atoms with Crippen LogP contribution in [0.3, 0.4) is 0 Å². The third-order valence-electron chi connectivity index (χ3n) is 3.81. The third-order valence-corrected chi connectivity index (χ3v) is 5.32. The van der Waals surface area contributed by atoms with Gasteiger partial charge in [0.2, 0.25) is 0 Å². The van der Waals surface area contributed by atoms with Gasteiger partial charge in [0.25, 0.3) is 5.69 Å². The van der Waals surface area contributed by atoms with E-state index in [-0.39, 0.29) is 22.1 Å². The van der Waals surface area contributed by atoms with Crippen LogP contribution in [0.5, 0.6) is 11.5 Å². The summed E-state index contributed by atoms with van der Waals surface area (Å²) < 4.78 is 33.7. The van der Waals surface area contributed by atoms with E-state index in [0.717, 1.165) is 25.5 Å². The summed E-state index contributed by atoms with van der Waals surface area (Å²) in [7, 11) is -2.81. The number of rotatable bonds is 7. The number of benzene rings is 2. The minimum atomic E-state index is -3.81. The van der Waals surface area contributed by atoms with Crippen molar-refractivity contribution in [3.05, 3.63) is 62.1 Å². The molecule has 0 saturated heterocycles. The highest BCUT2D eigenvalue weighted by molar-refractivity contribution is 7.90. The van der Waals surface area contributed by atoms with Crippen LogP contribution in [0.15, 0.2) is 36.4 Å². The molecule has 1 unspecified atom stereocenters. The highest BCUT2D eigenvalue weighted by Gasteiger charge is 2.45. The van der Waals surface area contributed by atoms with Crippen molar-refractivity contribution in [3.8, 4) is 11.5 Å². The van der Waals surface area contributed by atoms with Crippen molar-refractivity contribution in [1.29, 1.82) is 0 Å². The van der Waals surface area contributed by atoms with E-state index in [1.165, 1.54) is 24.3 Å². The molecule has 0 fully saturated rings. The Morgan fingerprint density at radius 1 is 1.24 bits per heavy atom. The van der Waals surface area contributed by atoms with Crippen LogP contribution in [-0.4, -0.2) is 38.4 Å². The number of nitro benzene ring substituents is 1. The number of carbonyl (C=O) groups excluding carboxylic acids is 1. The van der Waals surface area contributed by atoms with E-state index < -0.39 is 37.7 Å². The highest BCUT2D eigenvalue weighted by atomic mass is 35.5. The van der Waals surface area contributed by atoms with Crippen LogP contribution in [0.4, 0.5) is 5.69 Å². The van der Waals surface area contributed by atoms with Crippen molar-refractivity contribution in [2.24, 2.45) is 5.73 Å². The molecule has 29 heavy (non-hydrogen) atoms. The summed E-state index contributed by atoms with van der Waals surface area (Å²) in [6.45, 7) is 0. The van der Waals surface area contributed by atoms with E-state index in [1.807, 2.05) is 0 Å². The first-order chi connectivity index (χ1) is 13.4. The Morgan fingerprint density at radius 3 is 2.41 bits per heavy atom. The Hall–Kier alpha value is -2.40. The summed E-state index contributed by atoms with van der Waals surface area (Å²) in [5.41, 5.74) is 2.76. The molecule has 2 rings (SSSR count). The van der Waals surface area contributed by atoms with Crippen LogP contribution < -0.4 is 10.5 Å². The van der Waals surface area contributed by atoms with Gasteiger partial charge in [0.1, 0.15) is 21.3 Å². The number of nitrogens with two attached hydrogens (primary N) is 1. The van der Waals surface area contributed by atoms with Crippen molar-refractivity contribution in [1.82, 2.24) is 0 Å². The average molecular weight is 463 g/mol. The zero-order valence-electron chi connectivity index (χ0n) is 15.2. The predicted molar refractivity (Wildman–Crippen MR) is 107 cm³/mol. The fourth-order valence-corrected chi connectivity index (χ4v) is 4.18. The van der Waals surface area contributed by atoms with Gasteiger partial charge in [-0.05, 0) is 30.3 Å². The van der Waals surface area contributed by atoms with Crippen LogP contribution in [0, 0.1) is 10.1 Å². The maximum Gasteiger partial charge on any atom is 0.331 e. The topological polar surface area (TPSA) is 139 Å². The maximum atomic E-state index is 12.2. The summed E-state index contributed by atoms with van der Waals surface area (Å²) >= 11 is 11.8. The molecular weight excluding hydrogens is 447 g/mol. The van der Waals surface area contributed by atoms with E-state index in [0.29, 0.717) is 5.02 Å². The minimum Gasteiger partial charge on any atom is -0.467 e. The second-order valence-electron chi connectivity index (χ2n) is 6.15. The van der Waals surface area contributed by atoms with E-state index in [2.05, 4.69) is 4.74 Å². The lowest BCUT2D eigenvalue weighted by atomic mass is 9.91. The molecule has 0 saturated carbocycles. The van der Waals surface area contributed by atoms with E-state index >= 15 is 0 Å². The molecule has 0 spiro atoms. The van der Waals surface area contributed by atoms with Gasteiger partial charge in [0, 0.05) is 11.3 Å². The molecule has 2 aromatic rings. The van der Waals surface area contributed by atoms with E-state index in [4.69, 9.17) is 33.7 Å². The molecule has 9 nitrogen and oxygen atoms in total. The van der Waals surface area contributed by atoms with Crippen LogP contribution in [0.1, 0.15) is 5.56 Å². The zero-order valence-corrected chi connectivity index (χ0v) is 17.5. The zero-order chi connectivity index (χ0) is 22.0. The van der Waals surface area contributed by atoms with Gasteiger partial charge >= 0.3 is 5.97 Å². The van der Waals surface area contributed by atoms with Gasteiger partial charge in [0.05, 0.1) is 34.4 Å². The molecule has 0 aromatic heterocycles. The number of carbonyl (C=O) groups is 1. The van der Waals surface area contributed by atoms with Crippen molar-refractivity contribution >= 4 is 44.7 Å². The second kappa shape index (κ2) is 8.54. The lowest BCUT2D eigenvalue weighted by Crippen LogP contribution is -2.51. The van der Waals surface area contributed by atoms with Gasteiger partial charge < -0.3 is 15.2 Å². The fourth-order valence-electron chi connectivity index (χ4n) is 2.63. The summed E-state index contributed by atoms with van der Waals surface area (Å²) in [5.74, 6) is -1.84. The number of hydrogen-bond donors (Lipinski definition) is 1. The largest absolute Gasteiger partial charge is 0.467 e. The normalized spacial score (nSPS) is 13.4. The van der Waals surface area contributed by atoms with Gasteiger partial charge in [-0.2, -0.15) is 0 Å². The molecule has 0 radical (unpaired) electrons. The molecule has 1 atom stereocenters. The molecule has 0 amide bonds. The Morgan fingerprint density at radius 2 is 1.90 bits per heavy atom. The number of hydrogen-bond acceptors (Lipinski definition) is 8. The first-order valence-electron chi connectivity index (χ1n) is 7.84. The molecule has 0 bridgehead atoms. The lowest BCUT2D eigenvalue weighted by molar-refractivity contribution is -0.386. The Bertz CT molecular complexity index is 1080. The fraction of sp³-hybridized carbons (Fsp3) is 0.235. The van der Waals surface area contributed by atoms with E-state index in [9.17, 15) is 23.3 Å². The Balaban J connectivity index is 2.58. The summed E-state index contributed by atoms with van der Waals surface area (Å²) in [6.07, 6.45) is 0.851. The number of ether oxygens (including phenoxy) is 2. The summed E-state index contributed by atoms with van der Waals surface area (Å²) in [6, 6.07) is 7.84. The first-order valence-corrected chi connectivity index (χ1v) is 10.7. The van der Waals surface area contributed by atoms with Gasteiger partial charge in [0.15, 0.2) is 5.54 Å². The molecule has 0 aliphatic carbocycles. The van der Waals surface area contributed by atoms with Gasteiger partial charge in [-0.25, -0.2) is 13.2 Å². The number of methoxy groups -OCH3 is 1. The summed E-state index contributed by atoms with van der Waals surface area (Å²) in [5, 5.41) is 12.2. The second-order valence-corrected chi connectivity index (χ2v) is 9.13. The molecule has 2 aromatic carbocycles. The van der Waals surface area contributed by atoms with Gasteiger partial charge in [-0.3, -0.25) is 10.1 Å². The molecule has 0 aliphatic heterocycles. The van der Waals surface area contributed by atoms with E-state index in [1.54, 1.807) is 0 Å². The van der Waals surface area contributed by atoms with Crippen molar-refractivity contribution in [2.45, 2.75) is 5.54 Å². The standard InChI is InChI=1S/C17H16Cl2N2O7S/c1-27-16(22)17(20,9-29(2,25)26)12-5-4-11(8-14(12)21(23)24)28-15-6-3-10(18)7-13(15)19/h3-8H,9,20H2,1-2H3. The number of nitrogens with zero attached hydrogens (tertiary/aromatic N) is 1. The molecule has 0 heterocycles. The van der Waals surface area contributed by atoms with Crippen molar-refractivity contribution in [3.63, 3.8) is 0 Å². The number of esters is 1. The van der Waals surface area contributed by atoms with Crippen LogP contribution in [0.2, 0.25) is 10.0 Å². The quantitative estimate of drug-likeness (QED) is 0.376. The molecule has 12 heteroatoms. The minimum absolute atomic E-state index is 0.0104. The van der Waals surface area contributed by atoms with Crippen molar-refractivity contribution in [2.75, 3.05) is 19.1 Å². The molecule has 156 valence electrons. The monoisotopic (exact) mass is 462 g/mol. The molecule has 0 aliphatic rings. The molecule has 2 N–H and O–H groups in total. The van der Waals surface area contributed by atoms with Crippen LogP contribution >= 0.6 is 23.2 Å². The number of halogens is 2. The van der Waals surface area contributed by atoms with Crippen molar-refractivity contribution < 1.29 is 27.6 Å². The number of nitro groups is 1. The SMILES string of the molecule is COC(=O)C(N)(CS(C)(=O)=O)c1ccc(Oc2ccc(Cl)cc2Cl)cc1[N+](=O)[O-]. The predicted octanol–water partition coefficient (Wildman–Crippen LogP) is 3.07. The molecular formula is C17H16Cl2N2O7S. The van der Waals surface area contributed by atoms with Crippen LogP contribution in [-0.2, 0) is 24.9 Å². The number of sulfone groups is 1. The maximum absolute atomic E-state index is 12.2. The van der Waals surface area contributed by atoms with Crippen LogP contribution in [0.25, 0.3) is 0 Å². The first kappa shape index (κ1) is 22.9. The summed E-state index contributed by atoms with van der Waals surface area (Å²) in [4.78, 5) is 23.0. The smallest absolute Gasteiger partial charge is 0.331 e. The highest BCUT2D eigenvalue weighted by Crippen LogP contribution is 2.37.